The summed E-state index contributed by atoms with van der Waals surface area (Å²) in [5.74, 6) is 0.398. The van der Waals surface area contributed by atoms with Crippen molar-refractivity contribution in [3.63, 3.8) is 0 Å². The van der Waals surface area contributed by atoms with Gasteiger partial charge in [0.2, 0.25) is 0 Å². The van der Waals surface area contributed by atoms with Crippen LogP contribution in [-0.4, -0.2) is 24.1 Å². The molecule has 18 heavy (non-hydrogen) atoms. The van der Waals surface area contributed by atoms with Crippen LogP contribution in [0.15, 0.2) is 18.2 Å². The molecule has 2 unspecified atom stereocenters. The van der Waals surface area contributed by atoms with Crippen molar-refractivity contribution in [3.8, 4) is 0 Å². The van der Waals surface area contributed by atoms with Crippen LogP contribution in [0.1, 0.15) is 13.3 Å². The highest BCUT2D eigenvalue weighted by Gasteiger charge is 2.32. The van der Waals surface area contributed by atoms with Crippen LogP contribution in [0.25, 0.3) is 0 Å². The van der Waals surface area contributed by atoms with Gasteiger partial charge in [-0.1, -0.05) is 11.6 Å². The lowest BCUT2D eigenvalue weighted by atomic mass is 10.1. The second-order valence-corrected chi connectivity index (χ2v) is 5.17. The molecule has 2 rings (SSSR count). The molecule has 0 aliphatic carbocycles. The smallest absolute Gasteiger partial charge is 0.294 e. The van der Waals surface area contributed by atoms with Gasteiger partial charge in [0.05, 0.1) is 4.92 Å². The zero-order valence-electron chi connectivity index (χ0n) is 10.2. The summed E-state index contributed by atoms with van der Waals surface area (Å²) in [5.41, 5.74) is 6.37. The highest BCUT2D eigenvalue weighted by atomic mass is 35.5. The van der Waals surface area contributed by atoms with E-state index in [2.05, 4.69) is 6.92 Å². The maximum Gasteiger partial charge on any atom is 0.294 e. The molecule has 0 aromatic heterocycles. The lowest BCUT2D eigenvalue weighted by molar-refractivity contribution is -0.384. The molecule has 1 aliphatic heterocycles. The van der Waals surface area contributed by atoms with Gasteiger partial charge in [-0.05, 0) is 37.9 Å². The van der Waals surface area contributed by atoms with E-state index in [0.29, 0.717) is 23.2 Å². The zero-order valence-corrected chi connectivity index (χ0v) is 10.9. The molecule has 1 fully saturated rings. The van der Waals surface area contributed by atoms with Crippen LogP contribution in [0.3, 0.4) is 0 Å². The van der Waals surface area contributed by atoms with Crippen molar-refractivity contribution in [1.82, 2.24) is 0 Å². The quantitative estimate of drug-likeness (QED) is 0.676. The molecule has 0 spiro atoms. The molecule has 6 heteroatoms. The normalized spacial score (nSPS) is 23.4. The SMILES string of the molecule is CC1CC(CN)CN1c1ccc(Cl)cc1[N+](=O)[O-]. The maximum atomic E-state index is 11.1. The molecule has 1 aromatic rings. The summed E-state index contributed by atoms with van der Waals surface area (Å²) < 4.78 is 0. The number of benzene rings is 1. The number of hydrogen-bond acceptors (Lipinski definition) is 4. The van der Waals surface area contributed by atoms with Gasteiger partial charge in [-0.3, -0.25) is 10.1 Å². The monoisotopic (exact) mass is 269 g/mol. The van der Waals surface area contributed by atoms with Crippen molar-refractivity contribution in [1.29, 1.82) is 0 Å². The maximum absolute atomic E-state index is 11.1. The number of halogens is 1. The number of nitro groups is 1. The van der Waals surface area contributed by atoms with Gasteiger partial charge >= 0.3 is 0 Å². The first-order chi connectivity index (χ1) is 8.52. The van der Waals surface area contributed by atoms with E-state index in [-0.39, 0.29) is 16.7 Å². The fourth-order valence-electron chi connectivity index (χ4n) is 2.53. The predicted octanol–water partition coefficient (Wildman–Crippen LogP) is 2.42. The number of nitrogens with two attached hydrogens (primary N) is 1. The molecule has 2 atom stereocenters. The number of nitro benzene ring substituents is 1. The fraction of sp³-hybridized carbons (Fsp3) is 0.500. The average Bonchev–Trinajstić information content (AvgIpc) is 2.70. The van der Waals surface area contributed by atoms with E-state index in [1.165, 1.54) is 6.07 Å². The Kier molecular flexibility index (Phi) is 3.73. The Morgan fingerprint density at radius 1 is 1.61 bits per heavy atom. The Hall–Kier alpha value is -1.33. The Bertz CT molecular complexity index is 467. The van der Waals surface area contributed by atoms with E-state index in [1.54, 1.807) is 12.1 Å². The molecule has 0 radical (unpaired) electrons. The molecular weight excluding hydrogens is 254 g/mol. The van der Waals surface area contributed by atoms with Gasteiger partial charge in [-0.15, -0.1) is 0 Å². The molecule has 1 aliphatic rings. The lowest BCUT2D eigenvalue weighted by Crippen LogP contribution is -2.28. The van der Waals surface area contributed by atoms with Crippen molar-refractivity contribution in [2.24, 2.45) is 11.7 Å². The van der Waals surface area contributed by atoms with Crippen molar-refractivity contribution in [2.45, 2.75) is 19.4 Å². The summed E-state index contributed by atoms with van der Waals surface area (Å²) in [6.07, 6.45) is 0.969. The van der Waals surface area contributed by atoms with Gasteiger partial charge in [0.15, 0.2) is 0 Å². The average molecular weight is 270 g/mol. The Labute approximate surface area is 111 Å². The first-order valence-corrected chi connectivity index (χ1v) is 6.31. The molecule has 98 valence electrons. The number of rotatable bonds is 3. The van der Waals surface area contributed by atoms with Crippen LogP contribution >= 0.6 is 11.6 Å². The first-order valence-electron chi connectivity index (χ1n) is 5.93. The molecule has 0 saturated carbocycles. The van der Waals surface area contributed by atoms with Crippen LogP contribution < -0.4 is 10.6 Å². The minimum absolute atomic E-state index is 0.0621. The minimum Gasteiger partial charge on any atom is -0.363 e. The molecule has 1 aromatic carbocycles. The highest BCUT2D eigenvalue weighted by molar-refractivity contribution is 6.30. The molecule has 2 N–H and O–H groups in total. The lowest BCUT2D eigenvalue weighted by Gasteiger charge is -2.23. The molecule has 0 bridgehead atoms. The van der Waals surface area contributed by atoms with Crippen LogP contribution in [-0.2, 0) is 0 Å². The van der Waals surface area contributed by atoms with Gasteiger partial charge in [0, 0.05) is 23.7 Å². The first kappa shape index (κ1) is 13.1. The third kappa shape index (κ3) is 2.42. The van der Waals surface area contributed by atoms with Crippen molar-refractivity contribution < 1.29 is 4.92 Å². The van der Waals surface area contributed by atoms with E-state index in [0.717, 1.165) is 13.0 Å². The molecule has 1 saturated heterocycles. The Morgan fingerprint density at radius 2 is 2.33 bits per heavy atom. The summed E-state index contributed by atoms with van der Waals surface area (Å²) in [4.78, 5) is 12.7. The van der Waals surface area contributed by atoms with Gasteiger partial charge < -0.3 is 10.6 Å². The number of nitrogens with zero attached hydrogens (tertiary/aromatic N) is 2. The van der Waals surface area contributed by atoms with E-state index >= 15 is 0 Å². The van der Waals surface area contributed by atoms with E-state index in [4.69, 9.17) is 17.3 Å². The van der Waals surface area contributed by atoms with Crippen molar-refractivity contribution in [2.75, 3.05) is 18.0 Å². The summed E-state index contributed by atoms with van der Waals surface area (Å²) in [7, 11) is 0. The van der Waals surface area contributed by atoms with Gasteiger partial charge in [0.1, 0.15) is 5.69 Å². The summed E-state index contributed by atoms with van der Waals surface area (Å²) in [6.45, 7) is 3.44. The Balaban J connectivity index is 2.36. The van der Waals surface area contributed by atoms with Crippen LogP contribution in [0.5, 0.6) is 0 Å². The largest absolute Gasteiger partial charge is 0.363 e. The van der Waals surface area contributed by atoms with E-state index in [1.807, 2.05) is 4.90 Å². The van der Waals surface area contributed by atoms with Crippen LogP contribution in [0.2, 0.25) is 5.02 Å². The molecule has 1 heterocycles. The number of hydrogen-bond donors (Lipinski definition) is 1. The van der Waals surface area contributed by atoms with Gasteiger partial charge in [-0.25, -0.2) is 0 Å². The fourth-order valence-corrected chi connectivity index (χ4v) is 2.70. The van der Waals surface area contributed by atoms with Crippen LogP contribution in [0.4, 0.5) is 11.4 Å². The van der Waals surface area contributed by atoms with Gasteiger partial charge in [-0.2, -0.15) is 0 Å². The second kappa shape index (κ2) is 5.12. The van der Waals surface area contributed by atoms with E-state index in [9.17, 15) is 10.1 Å². The second-order valence-electron chi connectivity index (χ2n) is 4.73. The topological polar surface area (TPSA) is 72.4 Å². The molecule has 5 nitrogen and oxygen atoms in total. The summed E-state index contributed by atoms with van der Waals surface area (Å²) >= 11 is 5.82. The van der Waals surface area contributed by atoms with Crippen molar-refractivity contribution >= 4 is 23.0 Å². The highest BCUT2D eigenvalue weighted by Crippen LogP contribution is 2.36. The van der Waals surface area contributed by atoms with Crippen molar-refractivity contribution in [3.05, 3.63) is 33.3 Å². The minimum atomic E-state index is -0.385. The number of anilines is 1. The zero-order chi connectivity index (χ0) is 13.3. The van der Waals surface area contributed by atoms with Crippen LogP contribution in [0, 0.1) is 16.0 Å². The predicted molar refractivity (Wildman–Crippen MR) is 72.1 cm³/mol. The van der Waals surface area contributed by atoms with E-state index < -0.39 is 0 Å². The molecule has 0 amide bonds. The summed E-state index contributed by atoms with van der Waals surface area (Å²) in [6, 6.07) is 5.07. The third-order valence-corrected chi connectivity index (χ3v) is 3.67. The Morgan fingerprint density at radius 3 is 2.89 bits per heavy atom. The summed E-state index contributed by atoms with van der Waals surface area (Å²) in [5, 5.41) is 11.5. The van der Waals surface area contributed by atoms with Gasteiger partial charge in [0.25, 0.3) is 5.69 Å². The standard InChI is InChI=1S/C12H16ClN3O2/c1-8-4-9(6-14)7-15(8)11-3-2-10(13)5-12(11)16(17)18/h2-3,5,8-9H,4,6-7,14H2,1H3. The third-order valence-electron chi connectivity index (χ3n) is 3.44. The molecular formula is C12H16ClN3O2.